The highest BCUT2D eigenvalue weighted by Gasteiger charge is 2.28. The second-order valence-corrected chi connectivity index (χ2v) is 5.90. The topological polar surface area (TPSA) is 42.2 Å². The molecule has 1 heterocycles. The number of halogens is 1. The van der Waals surface area contributed by atoms with Crippen LogP contribution in [0.3, 0.4) is 0 Å². The van der Waals surface area contributed by atoms with E-state index in [0.717, 1.165) is 23.0 Å². The summed E-state index contributed by atoms with van der Waals surface area (Å²) in [5.74, 6) is -0.785. The Bertz CT molecular complexity index is 628. The molecule has 1 aromatic carbocycles. The lowest BCUT2D eigenvalue weighted by Gasteiger charge is -2.18. The summed E-state index contributed by atoms with van der Waals surface area (Å²) in [6, 6.07) is 5.76. The van der Waals surface area contributed by atoms with Crippen molar-refractivity contribution in [2.45, 2.75) is 33.7 Å². The first kappa shape index (κ1) is 13.9. The fraction of sp³-hybridized carbons (Fsp3) is 0.400. The molecule has 0 saturated carbocycles. The van der Waals surface area contributed by atoms with Gasteiger partial charge in [-0.1, -0.05) is 11.6 Å². The second kappa shape index (κ2) is 4.89. The van der Waals surface area contributed by atoms with Gasteiger partial charge in [0.2, 0.25) is 0 Å². The molecule has 102 valence electrons. The smallest absolute Gasteiger partial charge is 0.309 e. The summed E-state index contributed by atoms with van der Waals surface area (Å²) >= 11 is 6.05. The molecule has 0 radical (unpaired) electrons. The van der Waals surface area contributed by atoms with Gasteiger partial charge in [0.05, 0.1) is 5.41 Å². The summed E-state index contributed by atoms with van der Waals surface area (Å²) in [7, 11) is 0. The van der Waals surface area contributed by atoms with E-state index >= 15 is 0 Å². The molecule has 0 saturated heterocycles. The fourth-order valence-electron chi connectivity index (χ4n) is 2.30. The highest BCUT2D eigenvalue weighted by Crippen LogP contribution is 2.30. The van der Waals surface area contributed by atoms with E-state index in [-0.39, 0.29) is 0 Å². The summed E-state index contributed by atoms with van der Waals surface area (Å²) in [6.45, 7) is 6.41. The predicted octanol–water partition coefficient (Wildman–Crippen LogP) is 3.97. The Morgan fingerprint density at radius 2 is 2.11 bits per heavy atom. The van der Waals surface area contributed by atoms with Gasteiger partial charge in [-0.05, 0) is 51.0 Å². The number of carbonyl (C=O) groups is 1. The van der Waals surface area contributed by atoms with Crippen molar-refractivity contribution in [2.75, 3.05) is 0 Å². The minimum Gasteiger partial charge on any atom is -0.481 e. The zero-order valence-corrected chi connectivity index (χ0v) is 12.2. The number of carboxylic acids is 1. The Balaban J connectivity index is 2.54. The van der Waals surface area contributed by atoms with Crippen molar-refractivity contribution in [1.29, 1.82) is 0 Å². The van der Waals surface area contributed by atoms with Crippen molar-refractivity contribution in [3.8, 4) is 0 Å². The third-order valence-corrected chi connectivity index (χ3v) is 3.71. The van der Waals surface area contributed by atoms with Gasteiger partial charge >= 0.3 is 5.97 Å². The van der Waals surface area contributed by atoms with Crippen LogP contribution in [0.15, 0.2) is 24.4 Å². The van der Waals surface area contributed by atoms with Gasteiger partial charge in [0, 0.05) is 28.7 Å². The SMILES string of the molecule is CCn1cc(CC(C)(C)C(=O)O)c2cc(Cl)ccc21. The molecule has 0 amide bonds. The third-order valence-electron chi connectivity index (χ3n) is 3.48. The molecule has 1 aromatic heterocycles. The Morgan fingerprint density at radius 3 is 2.68 bits per heavy atom. The molecule has 0 aliphatic carbocycles. The summed E-state index contributed by atoms with van der Waals surface area (Å²) in [5.41, 5.74) is 1.35. The normalized spacial score (nSPS) is 12.0. The lowest BCUT2D eigenvalue weighted by molar-refractivity contribution is -0.146. The maximum Gasteiger partial charge on any atom is 0.309 e. The number of aryl methyl sites for hydroxylation is 1. The fourth-order valence-corrected chi connectivity index (χ4v) is 2.47. The largest absolute Gasteiger partial charge is 0.481 e. The quantitative estimate of drug-likeness (QED) is 0.920. The molecule has 0 aliphatic heterocycles. The van der Waals surface area contributed by atoms with Crippen LogP contribution in [-0.2, 0) is 17.8 Å². The molecular formula is C15H18ClNO2. The van der Waals surface area contributed by atoms with Crippen molar-refractivity contribution in [3.63, 3.8) is 0 Å². The first-order valence-electron chi connectivity index (χ1n) is 6.36. The van der Waals surface area contributed by atoms with E-state index in [1.165, 1.54) is 0 Å². The highest BCUT2D eigenvalue weighted by molar-refractivity contribution is 6.31. The van der Waals surface area contributed by atoms with Crippen LogP contribution in [0.2, 0.25) is 5.02 Å². The average molecular weight is 280 g/mol. The first-order valence-corrected chi connectivity index (χ1v) is 6.73. The predicted molar refractivity (Wildman–Crippen MR) is 77.7 cm³/mol. The molecule has 1 N–H and O–H groups in total. The van der Waals surface area contributed by atoms with Gasteiger partial charge in [-0.25, -0.2) is 0 Å². The first-order chi connectivity index (χ1) is 8.85. The minimum atomic E-state index is -0.785. The van der Waals surface area contributed by atoms with Crippen LogP contribution < -0.4 is 0 Å². The Hall–Kier alpha value is -1.48. The molecule has 0 aliphatic rings. The molecule has 2 rings (SSSR count). The van der Waals surface area contributed by atoms with E-state index in [2.05, 4.69) is 11.5 Å². The number of fused-ring (bicyclic) bond motifs is 1. The van der Waals surface area contributed by atoms with Crippen LogP contribution >= 0.6 is 11.6 Å². The molecule has 19 heavy (non-hydrogen) atoms. The summed E-state index contributed by atoms with van der Waals surface area (Å²) < 4.78 is 2.12. The van der Waals surface area contributed by atoms with Crippen molar-refractivity contribution in [2.24, 2.45) is 5.41 Å². The van der Waals surface area contributed by atoms with E-state index in [9.17, 15) is 9.90 Å². The molecule has 0 fully saturated rings. The number of aliphatic carboxylic acids is 1. The second-order valence-electron chi connectivity index (χ2n) is 5.47. The summed E-state index contributed by atoms with van der Waals surface area (Å²) in [6.07, 6.45) is 2.53. The lowest BCUT2D eigenvalue weighted by atomic mass is 9.86. The maximum atomic E-state index is 11.3. The Kier molecular flexibility index (Phi) is 3.59. The number of nitrogens with zero attached hydrogens (tertiary/aromatic N) is 1. The van der Waals surface area contributed by atoms with E-state index in [4.69, 9.17) is 11.6 Å². The van der Waals surface area contributed by atoms with E-state index < -0.39 is 11.4 Å². The minimum absolute atomic E-state index is 0.492. The Morgan fingerprint density at radius 1 is 1.42 bits per heavy atom. The Labute approximate surface area is 117 Å². The number of rotatable bonds is 4. The van der Waals surface area contributed by atoms with E-state index in [1.54, 1.807) is 13.8 Å². The van der Waals surface area contributed by atoms with Crippen molar-refractivity contribution < 1.29 is 9.90 Å². The van der Waals surface area contributed by atoms with Gasteiger partial charge in [0.25, 0.3) is 0 Å². The number of carboxylic acid groups (broad SMARTS) is 1. The molecule has 2 aromatic rings. The number of hydrogen-bond donors (Lipinski definition) is 1. The van der Waals surface area contributed by atoms with Crippen LogP contribution in [0.25, 0.3) is 10.9 Å². The molecule has 0 atom stereocenters. The molecule has 0 spiro atoms. The number of aromatic nitrogens is 1. The molecule has 3 nitrogen and oxygen atoms in total. The standard InChI is InChI=1S/C15H18ClNO2/c1-4-17-9-10(8-15(2,3)14(18)19)12-7-11(16)5-6-13(12)17/h5-7,9H,4,8H2,1-3H3,(H,18,19). The van der Waals surface area contributed by atoms with Gasteiger partial charge in [-0.3, -0.25) is 4.79 Å². The number of hydrogen-bond acceptors (Lipinski definition) is 1. The van der Waals surface area contributed by atoms with Crippen LogP contribution in [-0.4, -0.2) is 15.6 Å². The zero-order chi connectivity index (χ0) is 14.2. The molecule has 4 heteroatoms. The van der Waals surface area contributed by atoms with Gasteiger partial charge < -0.3 is 9.67 Å². The average Bonchev–Trinajstić information content (AvgIpc) is 2.66. The molecular weight excluding hydrogens is 262 g/mol. The van der Waals surface area contributed by atoms with E-state index in [0.29, 0.717) is 11.4 Å². The monoisotopic (exact) mass is 279 g/mol. The molecule has 0 unspecified atom stereocenters. The lowest BCUT2D eigenvalue weighted by Crippen LogP contribution is -2.26. The van der Waals surface area contributed by atoms with Crippen molar-refractivity contribution >= 4 is 28.5 Å². The molecule has 0 bridgehead atoms. The maximum absolute atomic E-state index is 11.3. The van der Waals surface area contributed by atoms with Crippen LogP contribution in [0.5, 0.6) is 0 Å². The summed E-state index contributed by atoms with van der Waals surface area (Å²) in [4.78, 5) is 11.3. The van der Waals surface area contributed by atoms with Gasteiger partial charge in [0.15, 0.2) is 0 Å². The van der Waals surface area contributed by atoms with Crippen LogP contribution in [0.1, 0.15) is 26.3 Å². The van der Waals surface area contributed by atoms with E-state index in [1.807, 2.05) is 24.4 Å². The summed E-state index contributed by atoms with van der Waals surface area (Å²) in [5, 5.41) is 11.0. The highest BCUT2D eigenvalue weighted by atomic mass is 35.5. The van der Waals surface area contributed by atoms with Crippen molar-refractivity contribution in [3.05, 3.63) is 35.0 Å². The number of benzene rings is 1. The van der Waals surface area contributed by atoms with Crippen LogP contribution in [0.4, 0.5) is 0 Å². The van der Waals surface area contributed by atoms with Gasteiger partial charge in [0.1, 0.15) is 0 Å². The van der Waals surface area contributed by atoms with Gasteiger partial charge in [-0.15, -0.1) is 0 Å². The van der Waals surface area contributed by atoms with Crippen LogP contribution in [0, 0.1) is 5.41 Å². The third kappa shape index (κ3) is 2.61. The van der Waals surface area contributed by atoms with Crippen molar-refractivity contribution in [1.82, 2.24) is 4.57 Å². The zero-order valence-electron chi connectivity index (χ0n) is 11.4. The van der Waals surface area contributed by atoms with Gasteiger partial charge in [-0.2, -0.15) is 0 Å².